The highest BCUT2D eigenvalue weighted by molar-refractivity contribution is 7.13. The molecule has 1 fully saturated rings. The minimum Gasteiger partial charge on any atom is -0.348 e. The van der Waals surface area contributed by atoms with Crippen molar-refractivity contribution in [3.63, 3.8) is 0 Å². The van der Waals surface area contributed by atoms with E-state index in [2.05, 4.69) is 30.7 Å². The fourth-order valence-corrected chi connectivity index (χ4v) is 3.63. The van der Waals surface area contributed by atoms with Crippen LogP contribution in [0.3, 0.4) is 0 Å². The molecule has 0 unspecified atom stereocenters. The van der Waals surface area contributed by atoms with Crippen LogP contribution in [0.4, 0.5) is 5.13 Å². The van der Waals surface area contributed by atoms with Crippen molar-refractivity contribution < 1.29 is 4.79 Å². The van der Waals surface area contributed by atoms with Crippen LogP contribution in [0.25, 0.3) is 5.69 Å². The zero-order valence-electron chi connectivity index (χ0n) is 13.5. The first-order chi connectivity index (χ1) is 12.3. The number of anilines is 1. The second kappa shape index (κ2) is 6.98. The number of nitrogens with zero attached hydrogens (tertiary/aromatic N) is 6. The first kappa shape index (κ1) is 15.7. The van der Waals surface area contributed by atoms with Gasteiger partial charge < -0.3 is 10.2 Å². The van der Waals surface area contributed by atoms with Crippen molar-refractivity contribution in [3.8, 4) is 5.69 Å². The average Bonchev–Trinajstić information content (AvgIpc) is 3.42. The first-order valence-corrected chi connectivity index (χ1v) is 8.98. The molecular formula is C16H17N7OS. The van der Waals surface area contributed by atoms with E-state index in [1.165, 1.54) is 23.9 Å². The molecule has 0 atom stereocenters. The van der Waals surface area contributed by atoms with Gasteiger partial charge in [0.15, 0.2) is 5.13 Å². The zero-order chi connectivity index (χ0) is 17.1. The highest BCUT2D eigenvalue weighted by Gasteiger charge is 2.16. The van der Waals surface area contributed by atoms with Gasteiger partial charge in [0.25, 0.3) is 5.91 Å². The molecule has 2 aromatic heterocycles. The molecule has 0 radical (unpaired) electrons. The van der Waals surface area contributed by atoms with E-state index in [1.54, 1.807) is 35.6 Å². The number of hydrogen-bond donors (Lipinski definition) is 1. The first-order valence-electron chi connectivity index (χ1n) is 8.10. The van der Waals surface area contributed by atoms with Crippen molar-refractivity contribution in [1.82, 2.24) is 30.5 Å². The Morgan fingerprint density at radius 2 is 2.00 bits per heavy atom. The molecule has 0 spiro atoms. The third kappa shape index (κ3) is 3.50. The summed E-state index contributed by atoms with van der Waals surface area (Å²) >= 11 is 1.64. The maximum Gasteiger partial charge on any atom is 0.251 e. The molecule has 9 heteroatoms. The second-order valence-corrected chi connectivity index (χ2v) is 6.64. The molecule has 1 saturated heterocycles. The fourth-order valence-electron chi connectivity index (χ4n) is 2.75. The van der Waals surface area contributed by atoms with Crippen LogP contribution < -0.4 is 10.2 Å². The van der Waals surface area contributed by atoms with Gasteiger partial charge in [0, 0.05) is 24.0 Å². The van der Waals surface area contributed by atoms with Gasteiger partial charge in [-0.3, -0.25) is 4.79 Å². The Kier molecular flexibility index (Phi) is 4.38. The monoisotopic (exact) mass is 355 g/mol. The van der Waals surface area contributed by atoms with Crippen molar-refractivity contribution in [2.75, 3.05) is 18.0 Å². The maximum atomic E-state index is 12.3. The predicted molar refractivity (Wildman–Crippen MR) is 93.9 cm³/mol. The van der Waals surface area contributed by atoms with Crippen molar-refractivity contribution >= 4 is 22.4 Å². The van der Waals surface area contributed by atoms with Crippen molar-refractivity contribution in [1.29, 1.82) is 0 Å². The molecule has 0 bridgehead atoms. The van der Waals surface area contributed by atoms with E-state index in [0.29, 0.717) is 12.1 Å². The SMILES string of the molecule is O=C(NCc1csc(N2CCCC2)n1)c1ccc(-n2cnnn2)cc1. The maximum absolute atomic E-state index is 12.3. The van der Waals surface area contributed by atoms with Gasteiger partial charge in [-0.25, -0.2) is 9.67 Å². The van der Waals surface area contributed by atoms with E-state index >= 15 is 0 Å². The summed E-state index contributed by atoms with van der Waals surface area (Å²) in [5, 5.41) is 17.0. The molecule has 1 aliphatic heterocycles. The Labute approximate surface area is 148 Å². The Hall–Kier alpha value is -2.81. The number of aromatic nitrogens is 5. The number of carbonyl (C=O) groups is 1. The van der Waals surface area contributed by atoms with E-state index in [1.807, 2.05) is 5.38 Å². The molecular weight excluding hydrogens is 338 g/mol. The second-order valence-electron chi connectivity index (χ2n) is 5.80. The number of carbonyl (C=O) groups excluding carboxylic acids is 1. The van der Waals surface area contributed by atoms with E-state index in [-0.39, 0.29) is 5.91 Å². The van der Waals surface area contributed by atoms with Crippen LogP contribution in [0.15, 0.2) is 36.0 Å². The summed E-state index contributed by atoms with van der Waals surface area (Å²) in [6, 6.07) is 7.12. The molecule has 8 nitrogen and oxygen atoms in total. The molecule has 4 rings (SSSR count). The summed E-state index contributed by atoms with van der Waals surface area (Å²) in [5.74, 6) is -0.126. The van der Waals surface area contributed by atoms with Crippen LogP contribution in [0, 0.1) is 0 Å². The van der Waals surface area contributed by atoms with Crippen molar-refractivity contribution in [2.24, 2.45) is 0 Å². The topological polar surface area (TPSA) is 88.8 Å². The van der Waals surface area contributed by atoms with Crippen LogP contribution in [0.5, 0.6) is 0 Å². The standard InChI is InChI=1S/C16H17N7OS/c24-15(12-3-5-14(6-4-12)23-11-18-20-21-23)17-9-13-10-25-16(19-13)22-7-1-2-8-22/h3-6,10-11H,1-2,7-9H2,(H,17,24). The Balaban J connectivity index is 1.35. The highest BCUT2D eigenvalue weighted by Crippen LogP contribution is 2.24. The van der Waals surface area contributed by atoms with Crippen LogP contribution in [0.1, 0.15) is 28.9 Å². The third-order valence-electron chi connectivity index (χ3n) is 4.09. The minimum absolute atomic E-state index is 0.126. The Morgan fingerprint density at radius 1 is 1.20 bits per heavy atom. The van der Waals surface area contributed by atoms with Crippen LogP contribution in [-0.2, 0) is 6.54 Å². The van der Waals surface area contributed by atoms with Gasteiger partial charge in [0.05, 0.1) is 17.9 Å². The molecule has 1 aliphatic rings. The number of hydrogen-bond acceptors (Lipinski definition) is 7. The van der Waals surface area contributed by atoms with Gasteiger partial charge in [0.2, 0.25) is 0 Å². The number of tetrazole rings is 1. The van der Waals surface area contributed by atoms with Gasteiger partial charge in [-0.15, -0.1) is 16.4 Å². The third-order valence-corrected chi connectivity index (χ3v) is 5.04. The largest absolute Gasteiger partial charge is 0.348 e. The quantitative estimate of drug-likeness (QED) is 0.749. The zero-order valence-corrected chi connectivity index (χ0v) is 14.3. The van der Waals surface area contributed by atoms with Gasteiger partial charge in [-0.05, 0) is 47.5 Å². The molecule has 3 aromatic rings. The molecule has 25 heavy (non-hydrogen) atoms. The number of amides is 1. The fraction of sp³-hybridized carbons (Fsp3) is 0.312. The van der Waals surface area contributed by atoms with Crippen LogP contribution in [-0.4, -0.2) is 44.2 Å². The summed E-state index contributed by atoms with van der Waals surface area (Å²) < 4.78 is 1.54. The lowest BCUT2D eigenvalue weighted by Gasteiger charge is -2.12. The summed E-state index contributed by atoms with van der Waals surface area (Å²) in [6.45, 7) is 2.58. The summed E-state index contributed by atoms with van der Waals surface area (Å²) in [6.07, 6.45) is 3.97. The molecule has 0 aliphatic carbocycles. The number of rotatable bonds is 5. The van der Waals surface area contributed by atoms with Gasteiger partial charge in [-0.2, -0.15) is 0 Å². The van der Waals surface area contributed by atoms with Crippen LogP contribution >= 0.6 is 11.3 Å². The van der Waals surface area contributed by atoms with Gasteiger partial charge >= 0.3 is 0 Å². The van der Waals surface area contributed by atoms with Crippen molar-refractivity contribution in [2.45, 2.75) is 19.4 Å². The summed E-state index contributed by atoms with van der Waals surface area (Å²) in [7, 11) is 0. The number of benzene rings is 1. The molecule has 1 aromatic carbocycles. The molecule has 1 amide bonds. The molecule has 128 valence electrons. The lowest BCUT2D eigenvalue weighted by atomic mass is 10.2. The molecule has 0 saturated carbocycles. The van der Waals surface area contributed by atoms with E-state index < -0.39 is 0 Å². The Morgan fingerprint density at radius 3 is 2.72 bits per heavy atom. The summed E-state index contributed by atoms with van der Waals surface area (Å²) in [5.41, 5.74) is 2.29. The summed E-state index contributed by atoms with van der Waals surface area (Å²) in [4.78, 5) is 19.2. The lowest BCUT2D eigenvalue weighted by Crippen LogP contribution is -2.23. The average molecular weight is 355 g/mol. The predicted octanol–water partition coefficient (Wildman–Crippen LogP) is 1.65. The van der Waals surface area contributed by atoms with E-state index in [9.17, 15) is 4.79 Å². The van der Waals surface area contributed by atoms with Crippen molar-refractivity contribution in [3.05, 3.63) is 47.2 Å². The number of thiazole rings is 1. The van der Waals surface area contributed by atoms with Gasteiger partial charge in [-0.1, -0.05) is 0 Å². The normalized spacial score (nSPS) is 14.0. The smallest absolute Gasteiger partial charge is 0.251 e. The van der Waals surface area contributed by atoms with E-state index in [4.69, 9.17) is 0 Å². The number of nitrogens with one attached hydrogen (secondary N) is 1. The van der Waals surface area contributed by atoms with E-state index in [0.717, 1.165) is 29.6 Å². The minimum atomic E-state index is -0.126. The Bertz CT molecular complexity index is 838. The molecule has 1 N–H and O–H groups in total. The lowest BCUT2D eigenvalue weighted by molar-refractivity contribution is 0.0950. The van der Waals surface area contributed by atoms with Gasteiger partial charge in [0.1, 0.15) is 6.33 Å². The molecule has 3 heterocycles. The van der Waals surface area contributed by atoms with Crippen LogP contribution in [0.2, 0.25) is 0 Å². The highest BCUT2D eigenvalue weighted by atomic mass is 32.1.